The molecule has 0 radical (unpaired) electrons. The maximum atomic E-state index is 11.6. The molecule has 0 aromatic carbocycles. The summed E-state index contributed by atoms with van der Waals surface area (Å²) in [5.41, 5.74) is 0.308. The molecular weight excluding hydrogens is 230 g/mol. The summed E-state index contributed by atoms with van der Waals surface area (Å²) < 4.78 is 4.72. The Morgan fingerprint density at radius 3 is 2.72 bits per heavy atom. The molecule has 1 saturated heterocycles. The number of methoxy groups -OCH3 is 1. The molecule has 0 atom stereocenters. The Kier molecular flexibility index (Phi) is 3.92. The molecule has 0 spiro atoms. The van der Waals surface area contributed by atoms with E-state index in [0.717, 1.165) is 31.7 Å². The zero-order chi connectivity index (χ0) is 13.0. The normalized spacial score (nSPS) is 15.3. The van der Waals surface area contributed by atoms with Gasteiger partial charge in [0.2, 0.25) is 0 Å². The van der Waals surface area contributed by atoms with E-state index in [9.17, 15) is 4.79 Å². The Hall–Kier alpha value is -1.91. The Balaban J connectivity index is 2.38. The zero-order valence-corrected chi connectivity index (χ0v) is 10.7. The Morgan fingerprint density at radius 1 is 1.39 bits per heavy atom. The number of anilines is 1. The third-order valence-electron chi connectivity index (χ3n) is 2.87. The largest absolute Gasteiger partial charge is 0.464 e. The standard InChI is InChI=1S/C13H17N3O2/c1-3-6-11-14-10(13(17)18-2)9-12(15-11)16-7-4-5-8-16/h3,6,9H,4-5,7-8H2,1-2H3/b6-3+. The van der Waals surface area contributed by atoms with Gasteiger partial charge in [-0.3, -0.25) is 0 Å². The highest BCUT2D eigenvalue weighted by Gasteiger charge is 2.17. The van der Waals surface area contributed by atoms with Crippen molar-refractivity contribution in [3.05, 3.63) is 23.7 Å². The van der Waals surface area contributed by atoms with Crippen molar-refractivity contribution in [3.63, 3.8) is 0 Å². The molecule has 5 heteroatoms. The van der Waals surface area contributed by atoms with Crippen LogP contribution in [0.25, 0.3) is 6.08 Å². The van der Waals surface area contributed by atoms with E-state index < -0.39 is 5.97 Å². The van der Waals surface area contributed by atoms with E-state index in [1.165, 1.54) is 7.11 Å². The second kappa shape index (κ2) is 5.62. The lowest BCUT2D eigenvalue weighted by atomic mass is 10.3. The molecule has 1 aliphatic heterocycles. The van der Waals surface area contributed by atoms with Crippen LogP contribution in [0.1, 0.15) is 36.1 Å². The molecule has 1 fully saturated rings. The molecule has 0 N–H and O–H groups in total. The van der Waals surface area contributed by atoms with E-state index in [1.807, 2.05) is 13.0 Å². The van der Waals surface area contributed by atoms with Gasteiger partial charge in [0.1, 0.15) is 5.82 Å². The lowest BCUT2D eigenvalue weighted by Gasteiger charge is -2.17. The number of hydrogen-bond acceptors (Lipinski definition) is 5. The molecule has 96 valence electrons. The summed E-state index contributed by atoms with van der Waals surface area (Å²) in [5.74, 6) is 0.918. The molecule has 0 unspecified atom stereocenters. The van der Waals surface area contributed by atoms with Gasteiger partial charge >= 0.3 is 5.97 Å². The predicted octanol–water partition coefficient (Wildman–Crippen LogP) is 1.90. The van der Waals surface area contributed by atoms with E-state index in [0.29, 0.717) is 11.5 Å². The van der Waals surface area contributed by atoms with Crippen LogP contribution < -0.4 is 4.90 Å². The van der Waals surface area contributed by atoms with E-state index in [4.69, 9.17) is 4.74 Å². The lowest BCUT2D eigenvalue weighted by molar-refractivity contribution is 0.0593. The van der Waals surface area contributed by atoms with Crippen molar-refractivity contribution in [1.82, 2.24) is 9.97 Å². The summed E-state index contributed by atoms with van der Waals surface area (Å²) in [5, 5.41) is 0. The van der Waals surface area contributed by atoms with E-state index >= 15 is 0 Å². The van der Waals surface area contributed by atoms with Crippen molar-refractivity contribution in [3.8, 4) is 0 Å². The van der Waals surface area contributed by atoms with Gasteiger partial charge in [0.05, 0.1) is 7.11 Å². The zero-order valence-electron chi connectivity index (χ0n) is 10.7. The quantitative estimate of drug-likeness (QED) is 0.763. The van der Waals surface area contributed by atoms with Gasteiger partial charge in [-0.2, -0.15) is 0 Å². The topological polar surface area (TPSA) is 55.3 Å². The molecule has 18 heavy (non-hydrogen) atoms. The average Bonchev–Trinajstić information content (AvgIpc) is 2.91. The minimum Gasteiger partial charge on any atom is -0.464 e. The van der Waals surface area contributed by atoms with Crippen LogP contribution in [0, 0.1) is 0 Å². The van der Waals surface area contributed by atoms with Gasteiger partial charge in [0.15, 0.2) is 11.5 Å². The maximum absolute atomic E-state index is 11.6. The molecule has 1 aliphatic rings. The maximum Gasteiger partial charge on any atom is 0.356 e. The Bertz CT molecular complexity index is 465. The fourth-order valence-corrected chi connectivity index (χ4v) is 1.99. The Morgan fingerprint density at radius 2 is 2.11 bits per heavy atom. The van der Waals surface area contributed by atoms with Crippen LogP contribution in [0.5, 0.6) is 0 Å². The highest BCUT2D eigenvalue weighted by molar-refractivity contribution is 5.88. The van der Waals surface area contributed by atoms with Crippen LogP contribution >= 0.6 is 0 Å². The predicted molar refractivity (Wildman–Crippen MR) is 69.5 cm³/mol. The van der Waals surface area contributed by atoms with Crippen molar-refractivity contribution in [2.45, 2.75) is 19.8 Å². The number of esters is 1. The monoisotopic (exact) mass is 247 g/mol. The third-order valence-corrected chi connectivity index (χ3v) is 2.87. The van der Waals surface area contributed by atoms with E-state index in [-0.39, 0.29) is 0 Å². The average molecular weight is 247 g/mol. The molecule has 2 rings (SSSR count). The van der Waals surface area contributed by atoms with Gasteiger partial charge in [0, 0.05) is 19.2 Å². The highest BCUT2D eigenvalue weighted by Crippen LogP contribution is 2.19. The van der Waals surface area contributed by atoms with Crippen LogP contribution in [0.15, 0.2) is 12.1 Å². The summed E-state index contributed by atoms with van der Waals surface area (Å²) in [6.45, 7) is 3.85. The smallest absolute Gasteiger partial charge is 0.356 e. The number of carbonyl (C=O) groups excluding carboxylic acids is 1. The van der Waals surface area contributed by atoms with Crippen molar-refractivity contribution in [1.29, 1.82) is 0 Å². The summed E-state index contributed by atoms with van der Waals surface area (Å²) >= 11 is 0. The first-order valence-corrected chi connectivity index (χ1v) is 6.09. The first kappa shape index (κ1) is 12.5. The number of carbonyl (C=O) groups is 1. The molecule has 0 amide bonds. The van der Waals surface area contributed by atoms with Crippen molar-refractivity contribution in [2.24, 2.45) is 0 Å². The van der Waals surface area contributed by atoms with Gasteiger partial charge < -0.3 is 9.64 Å². The molecule has 0 saturated carbocycles. The summed E-state index contributed by atoms with van der Waals surface area (Å²) in [7, 11) is 1.36. The molecule has 1 aromatic rings. The fourth-order valence-electron chi connectivity index (χ4n) is 1.99. The SMILES string of the molecule is C/C=C/c1nc(C(=O)OC)cc(N2CCCC2)n1. The number of aromatic nitrogens is 2. The van der Waals surface area contributed by atoms with Crippen LogP contribution in [-0.4, -0.2) is 36.1 Å². The molecule has 0 aliphatic carbocycles. The minimum absolute atomic E-state index is 0.308. The summed E-state index contributed by atoms with van der Waals surface area (Å²) in [6, 6.07) is 1.70. The number of hydrogen-bond donors (Lipinski definition) is 0. The van der Waals surface area contributed by atoms with Gasteiger partial charge in [-0.15, -0.1) is 0 Å². The molecule has 0 bridgehead atoms. The van der Waals surface area contributed by atoms with E-state index in [1.54, 1.807) is 12.1 Å². The number of nitrogens with zero attached hydrogens (tertiary/aromatic N) is 3. The van der Waals surface area contributed by atoms with Gasteiger partial charge in [-0.05, 0) is 25.8 Å². The molecule has 2 heterocycles. The van der Waals surface area contributed by atoms with Gasteiger partial charge in [-0.1, -0.05) is 6.08 Å². The number of rotatable bonds is 3. The molecule has 1 aromatic heterocycles. The number of ether oxygens (including phenoxy) is 1. The first-order chi connectivity index (χ1) is 8.74. The van der Waals surface area contributed by atoms with Crippen LogP contribution in [0.4, 0.5) is 5.82 Å². The van der Waals surface area contributed by atoms with Crippen LogP contribution in [-0.2, 0) is 4.74 Å². The Labute approximate surface area is 106 Å². The van der Waals surface area contributed by atoms with E-state index in [2.05, 4.69) is 14.9 Å². The molecular formula is C13H17N3O2. The van der Waals surface area contributed by atoms with Gasteiger partial charge in [-0.25, -0.2) is 14.8 Å². The van der Waals surface area contributed by atoms with Crippen molar-refractivity contribution < 1.29 is 9.53 Å². The fraction of sp³-hybridized carbons (Fsp3) is 0.462. The summed E-state index contributed by atoms with van der Waals surface area (Å²) in [4.78, 5) is 22.4. The van der Waals surface area contributed by atoms with Crippen LogP contribution in [0.3, 0.4) is 0 Å². The van der Waals surface area contributed by atoms with Crippen molar-refractivity contribution >= 4 is 17.9 Å². The first-order valence-electron chi connectivity index (χ1n) is 6.09. The summed E-state index contributed by atoms with van der Waals surface area (Å²) in [6.07, 6.45) is 5.96. The molecule has 5 nitrogen and oxygen atoms in total. The third kappa shape index (κ3) is 2.67. The van der Waals surface area contributed by atoms with Crippen molar-refractivity contribution in [2.75, 3.05) is 25.1 Å². The second-order valence-corrected chi connectivity index (χ2v) is 4.16. The minimum atomic E-state index is -0.427. The number of allylic oxidation sites excluding steroid dienone is 1. The van der Waals surface area contributed by atoms with Gasteiger partial charge in [0.25, 0.3) is 0 Å². The second-order valence-electron chi connectivity index (χ2n) is 4.16. The highest BCUT2D eigenvalue weighted by atomic mass is 16.5. The van der Waals surface area contributed by atoms with Crippen LogP contribution in [0.2, 0.25) is 0 Å². The lowest BCUT2D eigenvalue weighted by Crippen LogP contribution is -2.20.